The monoisotopic (exact) mass is 332 g/mol. The summed E-state index contributed by atoms with van der Waals surface area (Å²) in [6.45, 7) is 2.45. The van der Waals surface area contributed by atoms with Crippen LogP contribution in [0.4, 0.5) is 11.4 Å². The van der Waals surface area contributed by atoms with Gasteiger partial charge in [0, 0.05) is 17.6 Å². The van der Waals surface area contributed by atoms with E-state index in [1.807, 2.05) is 19.1 Å². The van der Waals surface area contributed by atoms with E-state index in [1.54, 1.807) is 48.5 Å². The van der Waals surface area contributed by atoms with E-state index in [1.165, 1.54) is 6.20 Å². The first-order valence-corrected chi connectivity index (χ1v) is 7.57. The number of amides is 1. The van der Waals surface area contributed by atoms with Gasteiger partial charge in [0.2, 0.25) is 0 Å². The number of hydrogen-bond donors (Lipinski definition) is 2. The molecule has 2 aromatic carbocycles. The van der Waals surface area contributed by atoms with Gasteiger partial charge in [0.15, 0.2) is 0 Å². The third kappa shape index (κ3) is 5.12. The number of carbonyl (C=O) groups is 1. The van der Waals surface area contributed by atoms with Gasteiger partial charge in [-0.2, -0.15) is 10.5 Å². The zero-order valence-electron chi connectivity index (χ0n) is 13.6. The Hall–Kier alpha value is -3.77. The van der Waals surface area contributed by atoms with Gasteiger partial charge in [-0.1, -0.05) is 0 Å². The number of carbonyl (C=O) groups excluding carboxylic acids is 1. The smallest absolute Gasteiger partial charge is 0.267 e. The van der Waals surface area contributed by atoms with Gasteiger partial charge < -0.3 is 15.4 Å². The molecular weight excluding hydrogens is 316 g/mol. The summed E-state index contributed by atoms with van der Waals surface area (Å²) in [5, 5.41) is 23.4. The second kappa shape index (κ2) is 8.76. The summed E-state index contributed by atoms with van der Waals surface area (Å²) in [7, 11) is 0. The van der Waals surface area contributed by atoms with E-state index < -0.39 is 5.91 Å². The first-order valence-electron chi connectivity index (χ1n) is 7.57. The largest absolute Gasteiger partial charge is 0.494 e. The summed E-state index contributed by atoms with van der Waals surface area (Å²) >= 11 is 0. The molecular formula is C19H16N4O2. The predicted molar refractivity (Wildman–Crippen MR) is 94.7 cm³/mol. The van der Waals surface area contributed by atoms with E-state index in [2.05, 4.69) is 10.6 Å². The van der Waals surface area contributed by atoms with Gasteiger partial charge in [-0.3, -0.25) is 4.79 Å². The quantitative estimate of drug-likeness (QED) is 0.624. The van der Waals surface area contributed by atoms with Gasteiger partial charge in [0.25, 0.3) is 5.91 Å². The molecule has 2 rings (SSSR count). The molecule has 0 aromatic heterocycles. The lowest BCUT2D eigenvalue weighted by Gasteiger charge is -2.07. The first-order chi connectivity index (χ1) is 12.2. The maximum Gasteiger partial charge on any atom is 0.267 e. The Kier molecular flexibility index (Phi) is 6.16. The van der Waals surface area contributed by atoms with Crippen molar-refractivity contribution < 1.29 is 9.53 Å². The Morgan fingerprint density at radius 2 is 1.72 bits per heavy atom. The minimum atomic E-state index is -0.521. The first kappa shape index (κ1) is 17.6. The molecule has 0 radical (unpaired) electrons. The van der Waals surface area contributed by atoms with Crippen LogP contribution in [0.3, 0.4) is 0 Å². The number of hydrogen-bond acceptors (Lipinski definition) is 5. The molecule has 0 fully saturated rings. The number of nitrogens with zero attached hydrogens (tertiary/aromatic N) is 2. The summed E-state index contributed by atoms with van der Waals surface area (Å²) in [6, 6.07) is 17.4. The molecule has 25 heavy (non-hydrogen) atoms. The maximum absolute atomic E-state index is 12.2. The van der Waals surface area contributed by atoms with E-state index >= 15 is 0 Å². The SMILES string of the molecule is CCOc1ccc(NC(=O)/C(C#N)=C\Nc2ccc(C#N)cc2)cc1. The molecule has 6 nitrogen and oxygen atoms in total. The third-order valence-electron chi connectivity index (χ3n) is 3.19. The van der Waals surface area contributed by atoms with Gasteiger partial charge in [0.05, 0.1) is 18.2 Å². The molecule has 0 saturated carbocycles. The van der Waals surface area contributed by atoms with Crippen molar-refractivity contribution in [2.45, 2.75) is 6.92 Å². The van der Waals surface area contributed by atoms with Gasteiger partial charge in [-0.15, -0.1) is 0 Å². The molecule has 2 N–H and O–H groups in total. The Balaban J connectivity index is 2.02. The molecule has 0 bridgehead atoms. The van der Waals surface area contributed by atoms with Crippen molar-refractivity contribution in [3.8, 4) is 17.9 Å². The fourth-order valence-corrected chi connectivity index (χ4v) is 1.94. The summed E-state index contributed by atoms with van der Waals surface area (Å²) in [6.07, 6.45) is 1.32. The minimum Gasteiger partial charge on any atom is -0.494 e. The highest BCUT2D eigenvalue weighted by Gasteiger charge is 2.09. The molecule has 0 saturated heterocycles. The number of rotatable bonds is 6. The molecule has 0 aliphatic rings. The molecule has 0 heterocycles. The Bertz CT molecular complexity index is 841. The van der Waals surface area contributed by atoms with Crippen LogP contribution >= 0.6 is 0 Å². The number of nitrogens with one attached hydrogen (secondary N) is 2. The van der Waals surface area contributed by atoms with Crippen LogP contribution in [0.5, 0.6) is 5.75 Å². The highest BCUT2D eigenvalue weighted by molar-refractivity contribution is 6.06. The van der Waals surface area contributed by atoms with Gasteiger partial charge in [-0.25, -0.2) is 0 Å². The second-order valence-electron chi connectivity index (χ2n) is 4.91. The van der Waals surface area contributed by atoms with E-state index in [0.717, 1.165) is 0 Å². The van der Waals surface area contributed by atoms with Crippen LogP contribution in [0.15, 0.2) is 60.3 Å². The lowest BCUT2D eigenvalue weighted by molar-refractivity contribution is -0.112. The summed E-state index contributed by atoms with van der Waals surface area (Å²) in [5.41, 5.74) is 1.69. The van der Waals surface area contributed by atoms with E-state index in [4.69, 9.17) is 15.3 Å². The lowest BCUT2D eigenvalue weighted by Crippen LogP contribution is -2.14. The fraction of sp³-hybridized carbons (Fsp3) is 0.105. The van der Waals surface area contributed by atoms with Crippen molar-refractivity contribution in [3.05, 3.63) is 65.9 Å². The van der Waals surface area contributed by atoms with Crippen molar-refractivity contribution in [2.75, 3.05) is 17.2 Å². The highest BCUT2D eigenvalue weighted by Crippen LogP contribution is 2.16. The molecule has 0 unspecified atom stereocenters. The van der Waals surface area contributed by atoms with Gasteiger partial charge >= 0.3 is 0 Å². The topological polar surface area (TPSA) is 97.9 Å². The Labute approximate surface area is 146 Å². The predicted octanol–water partition coefficient (Wildman–Crippen LogP) is 3.42. The Morgan fingerprint density at radius 1 is 1.08 bits per heavy atom. The summed E-state index contributed by atoms with van der Waals surface area (Å²) in [5.74, 6) is 0.187. The van der Waals surface area contributed by atoms with Crippen LogP contribution in [0.1, 0.15) is 12.5 Å². The van der Waals surface area contributed by atoms with Crippen LogP contribution < -0.4 is 15.4 Å². The summed E-state index contributed by atoms with van der Waals surface area (Å²) in [4.78, 5) is 12.2. The van der Waals surface area contributed by atoms with Crippen molar-refractivity contribution in [1.29, 1.82) is 10.5 Å². The van der Waals surface area contributed by atoms with Crippen LogP contribution in [0.2, 0.25) is 0 Å². The van der Waals surface area contributed by atoms with Crippen LogP contribution in [0.25, 0.3) is 0 Å². The van der Waals surface area contributed by atoms with E-state index in [0.29, 0.717) is 29.3 Å². The molecule has 0 aliphatic heterocycles. The van der Waals surface area contributed by atoms with Crippen molar-refractivity contribution in [3.63, 3.8) is 0 Å². The van der Waals surface area contributed by atoms with Crippen LogP contribution in [0, 0.1) is 22.7 Å². The van der Waals surface area contributed by atoms with E-state index in [9.17, 15) is 4.79 Å². The normalized spacial score (nSPS) is 10.3. The average Bonchev–Trinajstić information content (AvgIpc) is 2.64. The lowest BCUT2D eigenvalue weighted by atomic mass is 10.2. The number of nitriles is 2. The number of anilines is 2. The van der Waals surface area contributed by atoms with Crippen molar-refractivity contribution in [1.82, 2.24) is 0 Å². The molecule has 124 valence electrons. The average molecular weight is 332 g/mol. The van der Waals surface area contributed by atoms with Crippen molar-refractivity contribution >= 4 is 17.3 Å². The molecule has 1 amide bonds. The standard InChI is InChI=1S/C19H16N4O2/c1-2-25-18-9-7-17(8-10-18)23-19(24)15(12-21)13-22-16-5-3-14(11-20)4-6-16/h3-10,13,22H,2H2,1H3,(H,23,24)/b15-13-. The number of benzene rings is 2. The van der Waals surface area contributed by atoms with Crippen LogP contribution in [-0.4, -0.2) is 12.5 Å². The molecule has 0 aliphatic carbocycles. The van der Waals surface area contributed by atoms with Gasteiger partial charge in [-0.05, 0) is 55.5 Å². The number of ether oxygens (including phenoxy) is 1. The maximum atomic E-state index is 12.2. The summed E-state index contributed by atoms with van der Waals surface area (Å²) < 4.78 is 5.33. The van der Waals surface area contributed by atoms with Crippen molar-refractivity contribution in [2.24, 2.45) is 0 Å². The third-order valence-corrected chi connectivity index (χ3v) is 3.19. The zero-order chi connectivity index (χ0) is 18.1. The second-order valence-corrected chi connectivity index (χ2v) is 4.91. The Morgan fingerprint density at radius 3 is 2.28 bits per heavy atom. The molecule has 0 atom stereocenters. The molecule has 2 aromatic rings. The highest BCUT2D eigenvalue weighted by atomic mass is 16.5. The van der Waals surface area contributed by atoms with Gasteiger partial charge in [0.1, 0.15) is 17.4 Å². The molecule has 6 heteroatoms. The zero-order valence-corrected chi connectivity index (χ0v) is 13.6. The molecule has 0 spiro atoms. The van der Waals surface area contributed by atoms with Crippen LogP contribution in [-0.2, 0) is 4.79 Å². The fourth-order valence-electron chi connectivity index (χ4n) is 1.94. The van der Waals surface area contributed by atoms with E-state index in [-0.39, 0.29) is 5.57 Å². The minimum absolute atomic E-state index is 0.0711.